The normalized spacial score (nSPS) is 10.6. The Morgan fingerprint density at radius 3 is 2.75 bits per heavy atom. The smallest absolute Gasteiger partial charge is 0.335 e. The third-order valence-corrected chi connectivity index (χ3v) is 2.13. The van der Waals surface area contributed by atoms with Crippen molar-refractivity contribution in [2.75, 3.05) is 11.0 Å². The number of hydrogen-bond donors (Lipinski definition) is 1. The lowest BCUT2D eigenvalue weighted by Crippen LogP contribution is -2.10. The highest BCUT2D eigenvalue weighted by molar-refractivity contribution is 7.92. The van der Waals surface area contributed by atoms with Crippen molar-refractivity contribution in [2.24, 2.45) is 0 Å². The van der Waals surface area contributed by atoms with Crippen LogP contribution in [0, 0.1) is 0 Å². The first-order valence-corrected chi connectivity index (χ1v) is 6.22. The molecule has 0 saturated carbocycles. The van der Waals surface area contributed by atoms with Crippen LogP contribution in [0.15, 0.2) is 36.9 Å². The molecule has 0 radical (unpaired) electrons. The monoisotopic (exact) mass is 241 g/mol. The molecule has 0 fully saturated rings. The van der Waals surface area contributed by atoms with Gasteiger partial charge >= 0.3 is 5.97 Å². The van der Waals surface area contributed by atoms with Gasteiger partial charge in [0.2, 0.25) is 10.0 Å². The number of carbonyl (C=O) groups is 1. The van der Waals surface area contributed by atoms with Crippen LogP contribution in [0.3, 0.4) is 0 Å². The molecule has 0 heterocycles. The fourth-order valence-electron chi connectivity index (χ4n) is 0.995. The van der Waals surface area contributed by atoms with Crippen LogP contribution in [0.4, 0.5) is 5.69 Å². The molecule has 1 aromatic rings. The first kappa shape index (κ1) is 12.3. The molecule has 0 atom stereocenters. The van der Waals surface area contributed by atoms with Gasteiger partial charge in [-0.05, 0) is 12.1 Å². The summed E-state index contributed by atoms with van der Waals surface area (Å²) in [5.41, 5.74) is 0.330. The molecule has 0 aliphatic carbocycles. The number of carbonyl (C=O) groups excluding carboxylic acids is 1. The summed E-state index contributed by atoms with van der Waals surface area (Å²) in [5.74, 6) is -0.352. The number of anilines is 1. The Kier molecular flexibility index (Phi) is 3.68. The highest BCUT2D eigenvalue weighted by atomic mass is 32.2. The van der Waals surface area contributed by atoms with E-state index in [0.717, 1.165) is 12.3 Å². The summed E-state index contributed by atoms with van der Waals surface area (Å²) < 4.78 is 29.0. The minimum Gasteiger partial charge on any atom is -0.423 e. The fourth-order valence-corrected chi connectivity index (χ4v) is 1.55. The van der Waals surface area contributed by atoms with Gasteiger partial charge in [0.05, 0.1) is 11.9 Å². The van der Waals surface area contributed by atoms with E-state index in [1.54, 1.807) is 12.1 Å². The van der Waals surface area contributed by atoms with E-state index in [4.69, 9.17) is 4.74 Å². The SMILES string of the molecule is C=CC(=O)Oc1cccc(NS(C)(=O)=O)c1. The van der Waals surface area contributed by atoms with E-state index in [-0.39, 0.29) is 5.75 Å². The van der Waals surface area contributed by atoms with Crippen molar-refractivity contribution in [1.29, 1.82) is 0 Å². The highest BCUT2D eigenvalue weighted by Crippen LogP contribution is 2.18. The Balaban J connectivity index is 2.87. The third-order valence-electron chi connectivity index (χ3n) is 1.52. The maximum absolute atomic E-state index is 11.0. The Morgan fingerprint density at radius 2 is 2.19 bits per heavy atom. The minimum absolute atomic E-state index is 0.249. The summed E-state index contributed by atoms with van der Waals surface area (Å²) in [6.07, 6.45) is 2.06. The lowest BCUT2D eigenvalue weighted by atomic mass is 10.3. The van der Waals surface area contributed by atoms with Crippen molar-refractivity contribution in [3.8, 4) is 5.75 Å². The van der Waals surface area contributed by atoms with Gasteiger partial charge in [-0.1, -0.05) is 12.6 Å². The molecule has 0 unspecified atom stereocenters. The number of nitrogens with one attached hydrogen (secondary N) is 1. The highest BCUT2D eigenvalue weighted by Gasteiger charge is 2.04. The fraction of sp³-hybridized carbons (Fsp3) is 0.100. The lowest BCUT2D eigenvalue weighted by molar-refractivity contribution is -0.128. The topological polar surface area (TPSA) is 72.5 Å². The molecule has 0 amide bonds. The van der Waals surface area contributed by atoms with E-state index in [1.807, 2.05) is 0 Å². The Morgan fingerprint density at radius 1 is 1.50 bits per heavy atom. The number of benzene rings is 1. The molecule has 0 aromatic heterocycles. The average Bonchev–Trinajstić information content (AvgIpc) is 2.15. The molecule has 0 bridgehead atoms. The quantitative estimate of drug-likeness (QED) is 0.487. The van der Waals surface area contributed by atoms with E-state index in [1.165, 1.54) is 12.1 Å². The molecule has 6 heteroatoms. The second kappa shape index (κ2) is 4.80. The second-order valence-corrected chi connectivity index (χ2v) is 4.78. The van der Waals surface area contributed by atoms with Crippen LogP contribution >= 0.6 is 0 Å². The van der Waals surface area contributed by atoms with Crippen LogP contribution in [-0.4, -0.2) is 20.6 Å². The first-order chi connectivity index (χ1) is 7.40. The Hall–Kier alpha value is -1.82. The standard InChI is InChI=1S/C10H11NO4S/c1-3-10(12)15-9-6-4-5-8(7-9)11-16(2,13)14/h3-7,11H,1H2,2H3. The summed E-state index contributed by atoms with van der Waals surface area (Å²) in [7, 11) is -3.34. The van der Waals surface area contributed by atoms with Crippen LogP contribution in [0.5, 0.6) is 5.75 Å². The second-order valence-electron chi connectivity index (χ2n) is 3.03. The van der Waals surface area contributed by atoms with Gasteiger partial charge in [0.15, 0.2) is 0 Å². The van der Waals surface area contributed by atoms with E-state index in [9.17, 15) is 13.2 Å². The number of ether oxygens (including phenoxy) is 1. The first-order valence-electron chi connectivity index (χ1n) is 4.33. The van der Waals surface area contributed by atoms with Crippen LogP contribution in [-0.2, 0) is 14.8 Å². The molecule has 0 aliphatic rings. The van der Waals surface area contributed by atoms with E-state index in [0.29, 0.717) is 5.69 Å². The predicted octanol–water partition coefficient (Wildman–Crippen LogP) is 1.15. The molecule has 86 valence electrons. The van der Waals surface area contributed by atoms with Crippen molar-refractivity contribution in [3.05, 3.63) is 36.9 Å². The average molecular weight is 241 g/mol. The molecule has 16 heavy (non-hydrogen) atoms. The van der Waals surface area contributed by atoms with Gasteiger partial charge in [0.1, 0.15) is 5.75 Å². The Bertz CT molecular complexity index is 507. The van der Waals surface area contributed by atoms with Gasteiger partial charge in [-0.2, -0.15) is 0 Å². The van der Waals surface area contributed by atoms with E-state index < -0.39 is 16.0 Å². The zero-order valence-corrected chi connectivity index (χ0v) is 9.45. The molecule has 0 spiro atoms. The van der Waals surface area contributed by atoms with Gasteiger partial charge in [-0.3, -0.25) is 4.72 Å². The van der Waals surface area contributed by atoms with Crippen molar-refractivity contribution >= 4 is 21.7 Å². The number of hydrogen-bond acceptors (Lipinski definition) is 4. The van der Waals surface area contributed by atoms with Gasteiger partial charge in [0.25, 0.3) is 0 Å². The van der Waals surface area contributed by atoms with Crippen molar-refractivity contribution in [3.63, 3.8) is 0 Å². The molecule has 1 rings (SSSR count). The molecule has 1 aromatic carbocycles. The molecule has 0 saturated heterocycles. The van der Waals surface area contributed by atoms with E-state index in [2.05, 4.69) is 11.3 Å². The van der Waals surface area contributed by atoms with Crippen LogP contribution in [0.2, 0.25) is 0 Å². The summed E-state index contributed by atoms with van der Waals surface area (Å²) in [5, 5.41) is 0. The van der Waals surface area contributed by atoms with Gasteiger partial charge in [-0.15, -0.1) is 0 Å². The molecule has 0 aliphatic heterocycles. The third kappa shape index (κ3) is 4.14. The number of sulfonamides is 1. The van der Waals surface area contributed by atoms with E-state index >= 15 is 0 Å². The zero-order valence-electron chi connectivity index (χ0n) is 8.64. The lowest BCUT2D eigenvalue weighted by Gasteiger charge is -2.05. The molecule has 5 nitrogen and oxygen atoms in total. The maximum atomic E-state index is 11.0. The van der Waals surface area contributed by atoms with Crippen molar-refractivity contribution in [1.82, 2.24) is 0 Å². The van der Waals surface area contributed by atoms with Crippen LogP contribution in [0.1, 0.15) is 0 Å². The largest absolute Gasteiger partial charge is 0.423 e. The summed E-state index contributed by atoms with van der Waals surface area (Å²) in [6.45, 7) is 3.25. The molecular weight excluding hydrogens is 230 g/mol. The van der Waals surface area contributed by atoms with Gasteiger partial charge in [-0.25, -0.2) is 13.2 Å². The summed E-state index contributed by atoms with van der Waals surface area (Å²) >= 11 is 0. The molecule has 1 N–H and O–H groups in total. The van der Waals surface area contributed by atoms with Crippen molar-refractivity contribution in [2.45, 2.75) is 0 Å². The summed E-state index contributed by atoms with van der Waals surface area (Å²) in [4.78, 5) is 10.9. The van der Waals surface area contributed by atoms with Crippen LogP contribution < -0.4 is 9.46 Å². The summed E-state index contributed by atoms with van der Waals surface area (Å²) in [6, 6.07) is 6.06. The zero-order chi connectivity index (χ0) is 12.2. The minimum atomic E-state index is -3.34. The maximum Gasteiger partial charge on any atom is 0.335 e. The molecular formula is C10H11NO4S. The number of esters is 1. The van der Waals surface area contributed by atoms with Crippen molar-refractivity contribution < 1.29 is 17.9 Å². The van der Waals surface area contributed by atoms with Crippen LogP contribution in [0.25, 0.3) is 0 Å². The number of rotatable bonds is 4. The van der Waals surface area contributed by atoms with Gasteiger partial charge in [0, 0.05) is 12.1 Å². The predicted molar refractivity (Wildman–Crippen MR) is 60.7 cm³/mol. The Labute approximate surface area is 93.8 Å². The van der Waals surface area contributed by atoms with Gasteiger partial charge < -0.3 is 4.74 Å².